The Bertz CT molecular complexity index is 835. The number of benzene rings is 2. The lowest BCUT2D eigenvalue weighted by molar-refractivity contribution is -0.138. The van der Waals surface area contributed by atoms with Crippen LogP contribution in [-0.4, -0.2) is 5.91 Å². The molecule has 2 rings (SSSR count). The Kier molecular flexibility index (Phi) is 6.92. The van der Waals surface area contributed by atoms with Gasteiger partial charge >= 0.3 is 6.18 Å². The molecule has 1 N–H and O–H groups in total. The maximum Gasteiger partial charge on any atom is 0.416 e. The van der Waals surface area contributed by atoms with Crippen molar-refractivity contribution in [2.24, 2.45) is 0 Å². The highest BCUT2D eigenvalue weighted by Crippen LogP contribution is 2.37. The lowest BCUT2D eigenvalue weighted by Crippen LogP contribution is -2.17. The highest BCUT2D eigenvalue weighted by Gasteiger charge is 2.34. The molecule has 0 bridgehead atoms. The van der Waals surface area contributed by atoms with Crippen LogP contribution in [0.15, 0.2) is 34.8 Å². The third kappa shape index (κ3) is 5.25. The van der Waals surface area contributed by atoms with E-state index >= 15 is 0 Å². The number of carbonyl (C=O) groups excluding carboxylic acids is 1. The second-order valence-electron chi connectivity index (χ2n) is 6.08. The van der Waals surface area contributed by atoms with Gasteiger partial charge in [0, 0.05) is 17.7 Å². The van der Waals surface area contributed by atoms with Gasteiger partial charge in [-0.25, -0.2) is 0 Å². The molecule has 27 heavy (non-hydrogen) atoms. The average Bonchev–Trinajstić information content (AvgIpc) is 2.61. The molecule has 0 unspecified atom stereocenters. The molecule has 0 aromatic heterocycles. The van der Waals surface area contributed by atoms with E-state index in [1.165, 1.54) is 12.1 Å². The number of anilines is 1. The van der Waals surface area contributed by atoms with Crippen molar-refractivity contribution in [3.63, 3.8) is 0 Å². The molecule has 146 valence electrons. The van der Waals surface area contributed by atoms with Gasteiger partial charge in [-0.15, -0.1) is 0 Å². The minimum Gasteiger partial charge on any atom is -0.488 e. The lowest BCUT2D eigenvalue weighted by atomic mass is 10.0. The van der Waals surface area contributed by atoms with Crippen LogP contribution in [0.4, 0.5) is 18.9 Å². The maximum atomic E-state index is 13.4. The Labute approximate surface area is 165 Å². The lowest BCUT2D eigenvalue weighted by Gasteiger charge is -2.19. The first-order chi connectivity index (χ1) is 12.7. The molecule has 0 saturated carbocycles. The Morgan fingerprint density at radius 1 is 1.22 bits per heavy atom. The van der Waals surface area contributed by atoms with Crippen LogP contribution < -0.4 is 10.1 Å². The van der Waals surface area contributed by atoms with Crippen LogP contribution in [0.2, 0.25) is 0 Å². The van der Waals surface area contributed by atoms with Gasteiger partial charge in [0.05, 0.1) is 10.0 Å². The Balaban J connectivity index is 2.39. The minimum absolute atomic E-state index is 0.101. The van der Waals surface area contributed by atoms with Crippen molar-refractivity contribution in [2.75, 3.05) is 5.32 Å². The fourth-order valence-corrected chi connectivity index (χ4v) is 3.21. The second kappa shape index (κ2) is 8.78. The van der Waals surface area contributed by atoms with E-state index in [9.17, 15) is 18.0 Å². The zero-order valence-corrected chi connectivity index (χ0v) is 16.9. The summed E-state index contributed by atoms with van der Waals surface area (Å²) in [4.78, 5) is 11.7. The van der Waals surface area contributed by atoms with Crippen molar-refractivity contribution in [1.82, 2.24) is 0 Å². The van der Waals surface area contributed by atoms with Crippen LogP contribution in [0.25, 0.3) is 0 Å². The molecular weight excluding hydrogens is 423 g/mol. The molecule has 0 spiro atoms. The molecule has 0 radical (unpaired) electrons. The normalized spacial score (nSPS) is 11.4. The molecule has 0 aliphatic rings. The fourth-order valence-electron chi connectivity index (χ4n) is 2.70. The average molecular weight is 444 g/mol. The van der Waals surface area contributed by atoms with Crippen LogP contribution in [0.1, 0.15) is 42.5 Å². The zero-order chi connectivity index (χ0) is 20.2. The van der Waals surface area contributed by atoms with Gasteiger partial charge in [-0.2, -0.15) is 13.2 Å². The molecule has 2 aromatic rings. The van der Waals surface area contributed by atoms with Crippen molar-refractivity contribution in [3.8, 4) is 5.75 Å². The van der Waals surface area contributed by atoms with Gasteiger partial charge in [0.2, 0.25) is 5.91 Å². The van der Waals surface area contributed by atoms with Crippen LogP contribution in [0, 0.1) is 6.92 Å². The molecule has 0 aliphatic heterocycles. The molecule has 0 aliphatic carbocycles. The van der Waals surface area contributed by atoms with Crippen molar-refractivity contribution in [3.05, 3.63) is 57.1 Å². The fraction of sp³-hybridized carbons (Fsp3) is 0.350. The van der Waals surface area contributed by atoms with Gasteiger partial charge in [0.1, 0.15) is 12.4 Å². The summed E-state index contributed by atoms with van der Waals surface area (Å²) in [5.41, 5.74) is 1.31. The number of ether oxygens (including phenoxy) is 1. The molecular formula is C20H21BrF3NO2. The summed E-state index contributed by atoms with van der Waals surface area (Å²) >= 11 is 3.41. The highest BCUT2D eigenvalue weighted by atomic mass is 79.9. The van der Waals surface area contributed by atoms with Crippen LogP contribution in [0.3, 0.4) is 0 Å². The van der Waals surface area contributed by atoms with Crippen LogP contribution in [0.5, 0.6) is 5.75 Å². The van der Waals surface area contributed by atoms with E-state index in [0.717, 1.165) is 23.6 Å². The highest BCUT2D eigenvalue weighted by molar-refractivity contribution is 9.10. The number of nitrogens with one attached hydrogen (secondary N) is 1. The van der Waals surface area contributed by atoms with Crippen LogP contribution in [-0.2, 0) is 24.0 Å². The third-order valence-corrected chi connectivity index (χ3v) is 4.84. The van der Waals surface area contributed by atoms with E-state index in [2.05, 4.69) is 21.2 Å². The van der Waals surface area contributed by atoms with Crippen molar-refractivity contribution >= 4 is 27.5 Å². The minimum atomic E-state index is -4.55. The van der Waals surface area contributed by atoms with Crippen LogP contribution >= 0.6 is 15.9 Å². The number of alkyl halides is 3. The number of rotatable bonds is 6. The Hall–Kier alpha value is -2.02. The van der Waals surface area contributed by atoms with Crippen molar-refractivity contribution in [2.45, 2.75) is 46.4 Å². The van der Waals surface area contributed by atoms with Gasteiger partial charge in [-0.1, -0.05) is 19.9 Å². The van der Waals surface area contributed by atoms with E-state index in [0.29, 0.717) is 10.2 Å². The summed E-state index contributed by atoms with van der Waals surface area (Å²) in [6.45, 7) is 5.26. The summed E-state index contributed by atoms with van der Waals surface area (Å²) in [6.07, 6.45) is -3.54. The largest absolute Gasteiger partial charge is 0.488 e. The van der Waals surface area contributed by atoms with E-state index < -0.39 is 11.7 Å². The first kappa shape index (κ1) is 21.3. The zero-order valence-electron chi connectivity index (χ0n) is 15.3. The first-order valence-electron chi connectivity index (χ1n) is 8.58. The van der Waals surface area contributed by atoms with Crippen molar-refractivity contribution < 1.29 is 22.7 Å². The summed E-state index contributed by atoms with van der Waals surface area (Å²) in [7, 11) is 0. The number of aryl methyl sites for hydroxylation is 2. The summed E-state index contributed by atoms with van der Waals surface area (Å²) < 4.78 is 46.7. The number of carbonyl (C=O) groups is 1. The van der Waals surface area contributed by atoms with E-state index in [-0.39, 0.29) is 30.2 Å². The topological polar surface area (TPSA) is 38.3 Å². The molecule has 0 atom stereocenters. The number of halogens is 4. The van der Waals surface area contributed by atoms with E-state index in [4.69, 9.17) is 4.74 Å². The summed E-state index contributed by atoms with van der Waals surface area (Å²) in [5.74, 6) is 0.0920. The number of amides is 1. The molecule has 1 amide bonds. The van der Waals surface area contributed by atoms with Gasteiger partial charge in [0.25, 0.3) is 0 Å². The smallest absolute Gasteiger partial charge is 0.416 e. The monoisotopic (exact) mass is 443 g/mol. The molecule has 2 aromatic carbocycles. The molecule has 0 fully saturated rings. The van der Waals surface area contributed by atoms with Gasteiger partial charge < -0.3 is 10.1 Å². The number of hydrogen-bond acceptors (Lipinski definition) is 2. The van der Waals surface area contributed by atoms with Gasteiger partial charge in [-0.05, 0) is 64.7 Å². The third-order valence-electron chi connectivity index (χ3n) is 4.22. The van der Waals surface area contributed by atoms with E-state index in [1.807, 2.05) is 19.9 Å². The first-order valence-corrected chi connectivity index (χ1v) is 9.37. The molecule has 3 nitrogen and oxygen atoms in total. The van der Waals surface area contributed by atoms with Gasteiger partial charge in [-0.3, -0.25) is 4.79 Å². The predicted octanol–water partition coefficient (Wildman–Crippen LogP) is 6.27. The SMILES string of the molecule is CCC(=O)Nc1cccc(C(F)(F)F)c1COc1cc(C)c(CC)cc1Br. The maximum absolute atomic E-state index is 13.4. The second-order valence-corrected chi connectivity index (χ2v) is 6.94. The van der Waals surface area contributed by atoms with E-state index in [1.54, 1.807) is 13.0 Å². The molecule has 0 saturated heterocycles. The molecule has 7 heteroatoms. The quantitative estimate of drug-likeness (QED) is 0.571. The standard InChI is InChI=1S/C20H21BrF3NO2/c1-4-13-10-16(21)18(9-12(13)3)27-11-14-15(20(22,23)24)7-6-8-17(14)25-19(26)5-2/h6-10H,4-5,11H2,1-3H3,(H,25,26). The molecule has 0 heterocycles. The van der Waals surface area contributed by atoms with Gasteiger partial charge in [0.15, 0.2) is 0 Å². The summed E-state index contributed by atoms with van der Waals surface area (Å²) in [5, 5.41) is 2.52. The predicted molar refractivity (Wildman–Crippen MR) is 103 cm³/mol. The number of hydrogen-bond donors (Lipinski definition) is 1. The Morgan fingerprint density at radius 2 is 1.93 bits per heavy atom. The summed E-state index contributed by atoms with van der Waals surface area (Å²) in [6, 6.07) is 7.40. The Morgan fingerprint density at radius 3 is 2.52 bits per heavy atom. The van der Waals surface area contributed by atoms with Crippen molar-refractivity contribution in [1.29, 1.82) is 0 Å².